The van der Waals surface area contributed by atoms with Crippen LogP contribution in [-0.2, 0) is 0 Å². The van der Waals surface area contributed by atoms with Gasteiger partial charge < -0.3 is 10.2 Å². The molecule has 0 aliphatic rings. The number of hydrogen-bond donors (Lipinski definition) is 1. The van der Waals surface area contributed by atoms with E-state index in [0.717, 1.165) is 5.56 Å². The summed E-state index contributed by atoms with van der Waals surface area (Å²) in [5, 5.41) is 3.00. The number of aromatic nitrogens is 1. The summed E-state index contributed by atoms with van der Waals surface area (Å²) in [4.78, 5) is 18.5. The van der Waals surface area contributed by atoms with Gasteiger partial charge in [0.15, 0.2) is 0 Å². The number of amides is 1. The van der Waals surface area contributed by atoms with Crippen molar-refractivity contribution in [2.24, 2.45) is 0 Å². The SMILES string of the molecule is C[C@@H](NC(=O)c1cccnc1N(C)C)c1ccccc1. The zero-order valence-corrected chi connectivity index (χ0v) is 12.0. The van der Waals surface area contributed by atoms with Crippen LogP contribution in [0.1, 0.15) is 28.9 Å². The van der Waals surface area contributed by atoms with Crippen LogP contribution in [0.4, 0.5) is 5.82 Å². The molecule has 1 aromatic heterocycles. The summed E-state index contributed by atoms with van der Waals surface area (Å²) in [6.45, 7) is 1.97. The minimum atomic E-state index is -0.113. The van der Waals surface area contributed by atoms with Crippen molar-refractivity contribution in [3.63, 3.8) is 0 Å². The van der Waals surface area contributed by atoms with Crippen LogP contribution in [0.5, 0.6) is 0 Å². The van der Waals surface area contributed by atoms with E-state index in [0.29, 0.717) is 11.4 Å². The zero-order valence-electron chi connectivity index (χ0n) is 12.0. The normalized spacial score (nSPS) is 11.8. The van der Waals surface area contributed by atoms with E-state index in [2.05, 4.69) is 10.3 Å². The van der Waals surface area contributed by atoms with Crippen molar-refractivity contribution in [3.8, 4) is 0 Å². The molecule has 1 amide bonds. The molecule has 1 heterocycles. The summed E-state index contributed by atoms with van der Waals surface area (Å²) in [6.07, 6.45) is 1.69. The Labute approximate surface area is 119 Å². The smallest absolute Gasteiger partial charge is 0.255 e. The monoisotopic (exact) mass is 269 g/mol. The Morgan fingerprint density at radius 1 is 1.15 bits per heavy atom. The Balaban J connectivity index is 2.17. The van der Waals surface area contributed by atoms with Crippen LogP contribution in [0.3, 0.4) is 0 Å². The van der Waals surface area contributed by atoms with Gasteiger partial charge in [0.2, 0.25) is 0 Å². The summed E-state index contributed by atoms with van der Waals surface area (Å²) >= 11 is 0. The maximum atomic E-state index is 12.4. The number of nitrogens with zero attached hydrogens (tertiary/aromatic N) is 2. The highest BCUT2D eigenvalue weighted by Gasteiger charge is 2.16. The minimum absolute atomic E-state index is 0.0427. The predicted octanol–water partition coefficient (Wildman–Crippen LogP) is 2.64. The van der Waals surface area contributed by atoms with Crippen molar-refractivity contribution < 1.29 is 4.79 Å². The summed E-state index contributed by atoms with van der Waals surface area (Å²) < 4.78 is 0. The highest BCUT2D eigenvalue weighted by atomic mass is 16.1. The molecule has 0 aliphatic heterocycles. The number of carbonyl (C=O) groups is 1. The molecule has 4 heteroatoms. The number of anilines is 1. The van der Waals surface area contributed by atoms with Gasteiger partial charge in [-0.3, -0.25) is 4.79 Å². The van der Waals surface area contributed by atoms with Crippen molar-refractivity contribution >= 4 is 11.7 Å². The lowest BCUT2D eigenvalue weighted by Gasteiger charge is -2.18. The highest BCUT2D eigenvalue weighted by molar-refractivity contribution is 5.99. The fraction of sp³-hybridized carbons (Fsp3) is 0.250. The van der Waals surface area contributed by atoms with Crippen LogP contribution in [0.2, 0.25) is 0 Å². The maximum Gasteiger partial charge on any atom is 0.255 e. The van der Waals surface area contributed by atoms with Gasteiger partial charge in [0.25, 0.3) is 5.91 Å². The van der Waals surface area contributed by atoms with Gasteiger partial charge in [0, 0.05) is 20.3 Å². The van der Waals surface area contributed by atoms with Crippen LogP contribution in [0, 0.1) is 0 Å². The lowest BCUT2D eigenvalue weighted by atomic mass is 10.1. The van der Waals surface area contributed by atoms with Crippen LogP contribution in [0.25, 0.3) is 0 Å². The van der Waals surface area contributed by atoms with Crippen LogP contribution in [-0.4, -0.2) is 25.0 Å². The molecule has 0 saturated heterocycles. The number of pyridine rings is 1. The number of rotatable bonds is 4. The van der Waals surface area contributed by atoms with Gasteiger partial charge in [-0.15, -0.1) is 0 Å². The first-order valence-electron chi connectivity index (χ1n) is 6.57. The quantitative estimate of drug-likeness (QED) is 0.928. The maximum absolute atomic E-state index is 12.4. The summed E-state index contributed by atoms with van der Waals surface area (Å²) in [7, 11) is 3.75. The molecule has 0 fully saturated rings. The fourth-order valence-corrected chi connectivity index (χ4v) is 2.03. The largest absolute Gasteiger partial charge is 0.362 e. The van der Waals surface area contributed by atoms with E-state index in [9.17, 15) is 4.79 Å². The summed E-state index contributed by atoms with van der Waals surface area (Å²) in [5.74, 6) is 0.559. The second-order valence-corrected chi connectivity index (χ2v) is 4.87. The van der Waals surface area contributed by atoms with Crippen molar-refractivity contribution in [2.75, 3.05) is 19.0 Å². The first-order valence-corrected chi connectivity index (χ1v) is 6.57. The summed E-state index contributed by atoms with van der Waals surface area (Å²) in [5.41, 5.74) is 1.66. The Bertz CT molecular complexity index is 581. The van der Waals surface area contributed by atoms with Gasteiger partial charge in [-0.1, -0.05) is 30.3 Å². The molecule has 0 bridgehead atoms. The third-order valence-electron chi connectivity index (χ3n) is 3.10. The van der Waals surface area contributed by atoms with E-state index < -0.39 is 0 Å². The van der Waals surface area contributed by atoms with Gasteiger partial charge >= 0.3 is 0 Å². The van der Waals surface area contributed by atoms with E-state index in [-0.39, 0.29) is 11.9 Å². The third-order valence-corrected chi connectivity index (χ3v) is 3.10. The second-order valence-electron chi connectivity index (χ2n) is 4.87. The zero-order chi connectivity index (χ0) is 14.5. The Morgan fingerprint density at radius 2 is 1.85 bits per heavy atom. The van der Waals surface area contributed by atoms with E-state index in [1.807, 2.05) is 56.3 Å². The van der Waals surface area contributed by atoms with Gasteiger partial charge in [-0.2, -0.15) is 0 Å². The molecule has 0 unspecified atom stereocenters. The number of nitrogens with one attached hydrogen (secondary N) is 1. The lowest BCUT2D eigenvalue weighted by molar-refractivity contribution is 0.0940. The predicted molar refractivity (Wildman–Crippen MR) is 80.9 cm³/mol. The molecule has 2 rings (SSSR count). The molecule has 1 aromatic carbocycles. The Kier molecular flexibility index (Phi) is 4.35. The Morgan fingerprint density at radius 3 is 2.50 bits per heavy atom. The molecule has 104 valence electrons. The second kappa shape index (κ2) is 6.19. The first kappa shape index (κ1) is 14.1. The third kappa shape index (κ3) is 3.15. The molecule has 20 heavy (non-hydrogen) atoms. The van der Waals surface area contributed by atoms with Gasteiger partial charge in [-0.25, -0.2) is 4.98 Å². The molecular formula is C16H19N3O. The fourth-order valence-electron chi connectivity index (χ4n) is 2.03. The minimum Gasteiger partial charge on any atom is -0.362 e. The van der Waals surface area contributed by atoms with Crippen molar-refractivity contribution in [1.29, 1.82) is 0 Å². The topological polar surface area (TPSA) is 45.2 Å². The number of carbonyl (C=O) groups excluding carboxylic acids is 1. The molecule has 0 aliphatic carbocycles. The van der Waals surface area contributed by atoms with Gasteiger partial charge in [0.05, 0.1) is 11.6 Å². The standard InChI is InChI=1S/C16H19N3O/c1-12(13-8-5-4-6-9-13)18-16(20)14-10-7-11-17-15(14)19(2)3/h4-12H,1-3H3,(H,18,20)/t12-/m1/s1. The molecule has 1 atom stereocenters. The molecule has 0 radical (unpaired) electrons. The number of hydrogen-bond acceptors (Lipinski definition) is 3. The highest BCUT2D eigenvalue weighted by Crippen LogP contribution is 2.17. The average molecular weight is 269 g/mol. The molecule has 4 nitrogen and oxygen atoms in total. The van der Waals surface area contributed by atoms with E-state index in [4.69, 9.17) is 0 Å². The molecular weight excluding hydrogens is 250 g/mol. The van der Waals surface area contributed by atoms with E-state index in [1.165, 1.54) is 0 Å². The van der Waals surface area contributed by atoms with Gasteiger partial charge in [-0.05, 0) is 24.6 Å². The summed E-state index contributed by atoms with van der Waals surface area (Å²) in [6, 6.07) is 13.4. The molecule has 0 saturated carbocycles. The van der Waals surface area contributed by atoms with Crippen LogP contribution < -0.4 is 10.2 Å². The van der Waals surface area contributed by atoms with Gasteiger partial charge in [0.1, 0.15) is 5.82 Å². The lowest BCUT2D eigenvalue weighted by Crippen LogP contribution is -2.28. The van der Waals surface area contributed by atoms with Crippen molar-refractivity contribution in [3.05, 3.63) is 59.8 Å². The average Bonchev–Trinajstić information content (AvgIpc) is 2.48. The first-order chi connectivity index (χ1) is 9.59. The van der Waals surface area contributed by atoms with Crippen molar-refractivity contribution in [2.45, 2.75) is 13.0 Å². The van der Waals surface area contributed by atoms with E-state index >= 15 is 0 Å². The Hall–Kier alpha value is -2.36. The van der Waals surface area contributed by atoms with E-state index in [1.54, 1.807) is 18.3 Å². The molecule has 0 spiro atoms. The number of benzene rings is 1. The van der Waals surface area contributed by atoms with Crippen LogP contribution >= 0.6 is 0 Å². The van der Waals surface area contributed by atoms with Crippen molar-refractivity contribution in [1.82, 2.24) is 10.3 Å². The van der Waals surface area contributed by atoms with Crippen LogP contribution in [0.15, 0.2) is 48.7 Å². The molecule has 2 aromatic rings. The molecule has 1 N–H and O–H groups in total.